The highest BCUT2D eigenvalue weighted by molar-refractivity contribution is 7.10. The van der Waals surface area contributed by atoms with Crippen molar-refractivity contribution >= 4 is 11.3 Å². The summed E-state index contributed by atoms with van der Waals surface area (Å²) in [6, 6.07) is 5.48. The molecule has 1 saturated heterocycles. The van der Waals surface area contributed by atoms with Gasteiger partial charge in [0.15, 0.2) is 0 Å². The SMILES string of the molecule is CC(NC1CCOC2(CCCCC2)C1)c1cccs1. The summed E-state index contributed by atoms with van der Waals surface area (Å²) in [4.78, 5) is 1.45. The molecule has 1 saturated carbocycles. The smallest absolute Gasteiger partial charge is 0.0697 e. The number of nitrogens with one attached hydrogen (secondary N) is 1. The summed E-state index contributed by atoms with van der Waals surface area (Å²) < 4.78 is 6.17. The van der Waals surface area contributed by atoms with Crippen LogP contribution in [0.4, 0.5) is 0 Å². The minimum Gasteiger partial charge on any atom is -0.375 e. The second kappa shape index (κ2) is 5.94. The Balaban J connectivity index is 1.59. The average Bonchev–Trinajstić information content (AvgIpc) is 2.93. The number of ether oxygens (including phenoxy) is 1. The molecular formula is C16H25NOS. The van der Waals surface area contributed by atoms with Gasteiger partial charge in [0.25, 0.3) is 0 Å². The summed E-state index contributed by atoms with van der Waals surface area (Å²) in [6.07, 6.45) is 9.03. The van der Waals surface area contributed by atoms with Gasteiger partial charge in [-0.05, 0) is 44.1 Å². The second-order valence-corrected chi connectivity index (χ2v) is 7.16. The molecule has 1 N–H and O–H groups in total. The normalized spacial score (nSPS) is 28.4. The minimum atomic E-state index is 0.212. The quantitative estimate of drug-likeness (QED) is 0.891. The van der Waals surface area contributed by atoms with Crippen LogP contribution in [-0.2, 0) is 4.74 Å². The molecule has 2 nitrogen and oxygen atoms in total. The van der Waals surface area contributed by atoms with E-state index >= 15 is 0 Å². The zero-order valence-corrected chi connectivity index (χ0v) is 12.7. The van der Waals surface area contributed by atoms with Crippen LogP contribution >= 0.6 is 11.3 Å². The Hall–Kier alpha value is -0.380. The van der Waals surface area contributed by atoms with E-state index in [1.54, 1.807) is 0 Å². The van der Waals surface area contributed by atoms with Gasteiger partial charge in [-0.2, -0.15) is 0 Å². The molecule has 1 aromatic rings. The molecule has 0 radical (unpaired) electrons. The number of hydrogen-bond donors (Lipinski definition) is 1. The monoisotopic (exact) mass is 279 g/mol. The van der Waals surface area contributed by atoms with Gasteiger partial charge >= 0.3 is 0 Å². The van der Waals surface area contributed by atoms with Crippen molar-refractivity contribution in [1.29, 1.82) is 0 Å². The summed E-state index contributed by atoms with van der Waals surface area (Å²) in [5.41, 5.74) is 0.212. The Kier molecular flexibility index (Phi) is 4.25. The molecule has 2 unspecified atom stereocenters. The molecule has 2 aliphatic rings. The third-order valence-electron chi connectivity index (χ3n) is 4.71. The van der Waals surface area contributed by atoms with E-state index in [4.69, 9.17) is 4.74 Å². The van der Waals surface area contributed by atoms with Crippen molar-refractivity contribution < 1.29 is 4.74 Å². The molecule has 0 amide bonds. The molecule has 2 heterocycles. The molecule has 19 heavy (non-hydrogen) atoms. The zero-order chi connectivity index (χ0) is 13.1. The van der Waals surface area contributed by atoms with Crippen LogP contribution in [0, 0.1) is 0 Å². The van der Waals surface area contributed by atoms with Crippen LogP contribution in [0.2, 0.25) is 0 Å². The minimum absolute atomic E-state index is 0.212. The fourth-order valence-electron chi connectivity index (χ4n) is 3.69. The average molecular weight is 279 g/mol. The molecule has 2 atom stereocenters. The third-order valence-corrected chi connectivity index (χ3v) is 5.77. The first-order valence-electron chi connectivity index (χ1n) is 7.71. The number of rotatable bonds is 3. The van der Waals surface area contributed by atoms with Crippen molar-refractivity contribution in [3.63, 3.8) is 0 Å². The highest BCUT2D eigenvalue weighted by Crippen LogP contribution is 2.39. The first-order valence-corrected chi connectivity index (χ1v) is 8.59. The molecule has 1 spiro atoms. The van der Waals surface area contributed by atoms with Crippen LogP contribution in [0.15, 0.2) is 17.5 Å². The molecule has 3 heteroatoms. The Bertz CT molecular complexity index is 378. The van der Waals surface area contributed by atoms with E-state index in [9.17, 15) is 0 Å². The molecule has 1 aromatic heterocycles. The van der Waals surface area contributed by atoms with Gasteiger partial charge in [0.2, 0.25) is 0 Å². The van der Waals surface area contributed by atoms with E-state index in [0.717, 1.165) is 13.0 Å². The van der Waals surface area contributed by atoms with Crippen LogP contribution in [0.3, 0.4) is 0 Å². The second-order valence-electron chi connectivity index (χ2n) is 6.19. The maximum absolute atomic E-state index is 6.17. The van der Waals surface area contributed by atoms with Crippen molar-refractivity contribution in [2.45, 2.75) is 69.6 Å². The van der Waals surface area contributed by atoms with Crippen LogP contribution in [0.25, 0.3) is 0 Å². The highest BCUT2D eigenvalue weighted by Gasteiger charge is 2.38. The van der Waals surface area contributed by atoms with E-state index in [1.807, 2.05) is 11.3 Å². The Labute approximate surface area is 120 Å². The first-order chi connectivity index (χ1) is 9.27. The first kappa shape index (κ1) is 13.6. The summed E-state index contributed by atoms with van der Waals surface area (Å²) in [5, 5.41) is 5.99. The van der Waals surface area contributed by atoms with Crippen molar-refractivity contribution in [3.8, 4) is 0 Å². The molecule has 1 aliphatic heterocycles. The molecule has 106 valence electrons. The molecular weight excluding hydrogens is 254 g/mol. The van der Waals surface area contributed by atoms with Gasteiger partial charge in [-0.1, -0.05) is 25.3 Å². The van der Waals surface area contributed by atoms with Crippen molar-refractivity contribution in [1.82, 2.24) is 5.32 Å². The van der Waals surface area contributed by atoms with Crippen LogP contribution in [0.1, 0.15) is 62.8 Å². The van der Waals surface area contributed by atoms with Crippen molar-refractivity contribution in [3.05, 3.63) is 22.4 Å². The van der Waals surface area contributed by atoms with Gasteiger partial charge in [0.05, 0.1) is 5.60 Å². The van der Waals surface area contributed by atoms with Gasteiger partial charge < -0.3 is 10.1 Å². The Morgan fingerprint density at radius 1 is 1.37 bits per heavy atom. The van der Waals surface area contributed by atoms with Gasteiger partial charge in [0.1, 0.15) is 0 Å². The van der Waals surface area contributed by atoms with E-state index in [0.29, 0.717) is 12.1 Å². The summed E-state index contributed by atoms with van der Waals surface area (Å²) in [6.45, 7) is 3.23. The summed E-state index contributed by atoms with van der Waals surface area (Å²) >= 11 is 1.85. The lowest BCUT2D eigenvalue weighted by atomic mass is 9.78. The lowest BCUT2D eigenvalue weighted by molar-refractivity contribution is -0.109. The van der Waals surface area contributed by atoms with Crippen LogP contribution in [-0.4, -0.2) is 18.2 Å². The maximum Gasteiger partial charge on any atom is 0.0697 e. The standard InChI is InChI=1S/C16H25NOS/c1-13(15-6-5-11-19-15)17-14-7-10-18-16(12-14)8-3-2-4-9-16/h5-6,11,13-14,17H,2-4,7-10,12H2,1H3. The van der Waals surface area contributed by atoms with Gasteiger partial charge in [-0.15, -0.1) is 11.3 Å². The molecule has 2 fully saturated rings. The third kappa shape index (κ3) is 3.21. The molecule has 0 aromatic carbocycles. The fourth-order valence-corrected chi connectivity index (χ4v) is 4.43. The van der Waals surface area contributed by atoms with Crippen molar-refractivity contribution in [2.75, 3.05) is 6.61 Å². The van der Waals surface area contributed by atoms with E-state index < -0.39 is 0 Å². The lowest BCUT2D eigenvalue weighted by Gasteiger charge is -2.44. The lowest BCUT2D eigenvalue weighted by Crippen LogP contribution is -2.48. The number of thiophene rings is 1. The van der Waals surface area contributed by atoms with E-state index in [1.165, 1.54) is 43.4 Å². The topological polar surface area (TPSA) is 21.3 Å². The van der Waals surface area contributed by atoms with Gasteiger partial charge in [0, 0.05) is 23.6 Å². The van der Waals surface area contributed by atoms with Crippen molar-refractivity contribution in [2.24, 2.45) is 0 Å². The van der Waals surface area contributed by atoms with Gasteiger partial charge in [-0.25, -0.2) is 0 Å². The maximum atomic E-state index is 6.17. The predicted molar refractivity (Wildman–Crippen MR) is 80.7 cm³/mol. The van der Waals surface area contributed by atoms with Crippen LogP contribution < -0.4 is 5.32 Å². The molecule has 3 rings (SSSR count). The predicted octanol–water partition coefficient (Wildman–Crippen LogP) is 4.28. The number of hydrogen-bond acceptors (Lipinski definition) is 3. The van der Waals surface area contributed by atoms with E-state index in [-0.39, 0.29) is 5.60 Å². The fraction of sp³-hybridized carbons (Fsp3) is 0.750. The van der Waals surface area contributed by atoms with E-state index in [2.05, 4.69) is 29.8 Å². The Morgan fingerprint density at radius 3 is 2.95 bits per heavy atom. The zero-order valence-electron chi connectivity index (χ0n) is 11.9. The molecule has 1 aliphatic carbocycles. The van der Waals surface area contributed by atoms with Crippen LogP contribution in [0.5, 0.6) is 0 Å². The Morgan fingerprint density at radius 2 is 2.21 bits per heavy atom. The molecule has 0 bridgehead atoms. The largest absolute Gasteiger partial charge is 0.375 e. The highest BCUT2D eigenvalue weighted by atomic mass is 32.1. The summed E-state index contributed by atoms with van der Waals surface area (Å²) in [7, 11) is 0. The summed E-state index contributed by atoms with van der Waals surface area (Å²) in [5.74, 6) is 0. The van der Waals surface area contributed by atoms with Gasteiger partial charge in [-0.3, -0.25) is 0 Å².